The van der Waals surface area contributed by atoms with Crippen molar-refractivity contribution in [2.75, 3.05) is 0 Å². The summed E-state index contributed by atoms with van der Waals surface area (Å²) >= 11 is 0. The van der Waals surface area contributed by atoms with Gasteiger partial charge in [-0.3, -0.25) is 4.79 Å². The van der Waals surface area contributed by atoms with E-state index < -0.39 is 6.10 Å². The number of benzene rings is 2. The van der Waals surface area contributed by atoms with Crippen LogP contribution in [-0.4, -0.2) is 18.2 Å². The number of hydrogen-bond acceptors (Lipinski definition) is 3. The lowest BCUT2D eigenvalue weighted by Gasteiger charge is -2.16. The molecule has 3 heteroatoms. The molecular formula is C19H20O3. The van der Waals surface area contributed by atoms with E-state index in [0.717, 1.165) is 5.56 Å². The van der Waals surface area contributed by atoms with E-state index >= 15 is 0 Å². The lowest BCUT2D eigenvalue weighted by Crippen LogP contribution is -2.27. The summed E-state index contributed by atoms with van der Waals surface area (Å²) < 4.78 is 12.0. The van der Waals surface area contributed by atoms with Gasteiger partial charge >= 0.3 is 0 Å². The highest BCUT2D eigenvalue weighted by atomic mass is 16.7. The van der Waals surface area contributed by atoms with Crippen molar-refractivity contribution >= 4 is 5.78 Å². The second-order valence-electron chi connectivity index (χ2n) is 5.87. The molecule has 114 valence electrons. The molecular weight excluding hydrogens is 276 g/mol. The zero-order valence-electron chi connectivity index (χ0n) is 12.8. The SMILES string of the molecule is CC(C)C1OC(C(=O)c2ccccc2)C(c2ccccc2)O1. The summed E-state index contributed by atoms with van der Waals surface area (Å²) in [5.41, 5.74) is 1.63. The molecule has 22 heavy (non-hydrogen) atoms. The molecule has 1 fully saturated rings. The topological polar surface area (TPSA) is 35.5 Å². The number of Topliss-reactive ketones (excluding diaryl/α,β-unsaturated/α-hetero) is 1. The molecule has 3 rings (SSSR count). The first-order chi connectivity index (χ1) is 10.7. The molecule has 0 amide bonds. The third-order valence-electron chi connectivity index (χ3n) is 3.83. The molecule has 0 spiro atoms. The summed E-state index contributed by atoms with van der Waals surface area (Å²) in [6.07, 6.45) is -1.32. The van der Waals surface area contributed by atoms with Gasteiger partial charge in [-0.25, -0.2) is 0 Å². The Bertz CT molecular complexity index is 622. The standard InChI is InChI=1S/C19H20O3/c1-13(2)19-21-17(15-11-7-4-8-12-15)18(22-19)16(20)14-9-5-3-6-10-14/h3-13,17-19H,1-2H3. The molecule has 2 aromatic carbocycles. The highest BCUT2D eigenvalue weighted by molar-refractivity contribution is 6.00. The Balaban J connectivity index is 1.91. The average Bonchev–Trinajstić information content (AvgIpc) is 3.01. The lowest BCUT2D eigenvalue weighted by molar-refractivity contribution is -0.0927. The third kappa shape index (κ3) is 2.96. The van der Waals surface area contributed by atoms with Gasteiger partial charge in [-0.15, -0.1) is 0 Å². The van der Waals surface area contributed by atoms with E-state index in [1.54, 1.807) is 0 Å². The van der Waals surface area contributed by atoms with E-state index in [1.165, 1.54) is 0 Å². The van der Waals surface area contributed by atoms with Gasteiger partial charge in [-0.05, 0) is 5.56 Å². The fourth-order valence-electron chi connectivity index (χ4n) is 2.64. The minimum absolute atomic E-state index is 0.0300. The van der Waals surface area contributed by atoms with Crippen molar-refractivity contribution in [3.63, 3.8) is 0 Å². The Morgan fingerprint density at radius 2 is 1.50 bits per heavy atom. The number of hydrogen-bond donors (Lipinski definition) is 0. The van der Waals surface area contributed by atoms with Gasteiger partial charge in [0.2, 0.25) is 0 Å². The minimum Gasteiger partial charge on any atom is -0.341 e. The molecule has 0 saturated carbocycles. The molecule has 1 aliphatic heterocycles. The first kappa shape index (κ1) is 14.9. The van der Waals surface area contributed by atoms with Crippen LogP contribution in [0, 0.1) is 5.92 Å². The van der Waals surface area contributed by atoms with Gasteiger partial charge in [0.15, 0.2) is 18.2 Å². The molecule has 0 aromatic heterocycles. The predicted octanol–water partition coefficient (Wildman–Crippen LogP) is 4.01. The molecule has 0 radical (unpaired) electrons. The monoisotopic (exact) mass is 296 g/mol. The van der Waals surface area contributed by atoms with Crippen molar-refractivity contribution in [3.8, 4) is 0 Å². The summed E-state index contributed by atoms with van der Waals surface area (Å²) in [5.74, 6) is 0.164. The zero-order chi connectivity index (χ0) is 15.5. The summed E-state index contributed by atoms with van der Waals surface area (Å²) in [5, 5.41) is 0. The average molecular weight is 296 g/mol. The Labute approximate surface area is 130 Å². The summed E-state index contributed by atoms with van der Waals surface area (Å²) in [6, 6.07) is 19.1. The van der Waals surface area contributed by atoms with Crippen molar-refractivity contribution in [3.05, 3.63) is 71.8 Å². The van der Waals surface area contributed by atoms with Crippen LogP contribution in [0.5, 0.6) is 0 Å². The van der Waals surface area contributed by atoms with Crippen LogP contribution in [0.1, 0.15) is 35.9 Å². The van der Waals surface area contributed by atoms with Crippen molar-refractivity contribution in [1.82, 2.24) is 0 Å². The molecule has 1 saturated heterocycles. The highest BCUT2D eigenvalue weighted by Crippen LogP contribution is 2.36. The minimum atomic E-state index is -0.600. The van der Waals surface area contributed by atoms with E-state index in [-0.39, 0.29) is 24.1 Å². The van der Waals surface area contributed by atoms with Gasteiger partial charge in [0.25, 0.3) is 0 Å². The predicted molar refractivity (Wildman–Crippen MR) is 84.5 cm³/mol. The fraction of sp³-hybridized carbons (Fsp3) is 0.316. The van der Waals surface area contributed by atoms with Gasteiger partial charge in [0, 0.05) is 11.5 Å². The van der Waals surface area contributed by atoms with Crippen LogP contribution in [0.25, 0.3) is 0 Å². The van der Waals surface area contributed by atoms with Gasteiger partial charge in [-0.1, -0.05) is 74.5 Å². The van der Waals surface area contributed by atoms with Crippen LogP contribution in [-0.2, 0) is 9.47 Å². The van der Waals surface area contributed by atoms with E-state index in [9.17, 15) is 4.79 Å². The van der Waals surface area contributed by atoms with Gasteiger partial charge in [0.05, 0.1) is 0 Å². The number of ketones is 1. The van der Waals surface area contributed by atoms with Crippen LogP contribution in [0.4, 0.5) is 0 Å². The van der Waals surface area contributed by atoms with Gasteiger partial charge in [-0.2, -0.15) is 0 Å². The molecule has 2 aromatic rings. The van der Waals surface area contributed by atoms with Crippen molar-refractivity contribution < 1.29 is 14.3 Å². The van der Waals surface area contributed by atoms with Crippen molar-refractivity contribution in [1.29, 1.82) is 0 Å². The molecule has 0 bridgehead atoms. The molecule has 3 atom stereocenters. The van der Waals surface area contributed by atoms with Crippen LogP contribution in [0.3, 0.4) is 0 Å². The van der Waals surface area contributed by atoms with Crippen LogP contribution < -0.4 is 0 Å². The maximum atomic E-state index is 12.8. The smallest absolute Gasteiger partial charge is 0.194 e. The summed E-state index contributed by atoms with van der Waals surface area (Å²) in [4.78, 5) is 12.8. The summed E-state index contributed by atoms with van der Waals surface area (Å²) in [7, 11) is 0. The first-order valence-electron chi connectivity index (χ1n) is 7.62. The van der Waals surface area contributed by atoms with Crippen molar-refractivity contribution in [2.45, 2.75) is 32.3 Å². The Morgan fingerprint density at radius 3 is 2.09 bits per heavy atom. The molecule has 0 aliphatic carbocycles. The molecule has 0 N–H and O–H groups in total. The number of ether oxygens (including phenoxy) is 2. The third-order valence-corrected chi connectivity index (χ3v) is 3.83. The van der Waals surface area contributed by atoms with E-state index in [0.29, 0.717) is 5.56 Å². The first-order valence-corrected chi connectivity index (χ1v) is 7.62. The molecule has 3 nitrogen and oxygen atoms in total. The normalized spacial score (nSPS) is 24.6. The van der Waals surface area contributed by atoms with E-state index in [2.05, 4.69) is 0 Å². The number of carbonyl (C=O) groups is 1. The molecule has 3 unspecified atom stereocenters. The Hall–Kier alpha value is -1.97. The maximum absolute atomic E-state index is 12.8. The Kier molecular flexibility index (Phi) is 4.36. The second kappa shape index (κ2) is 6.42. The number of carbonyl (C=O) groups excluding carboxylic acids is 1. The van der Waals surface area contributed by atoms with Crippen molar-refractivity contribution in [2.24, 2.45) is 5.92 Å². The molecule has 1 heterocycles. The van der Waals surface area contributed by atoms with E-state index in [1.807, 2.05) is 74.5 Å². The van der Waals surface area contributed by atoms with Crippen LogP contribution in [0.15, 0.2) is 60.7 Å². The Morgan fingerprint density at radius 1 is 0.909 bits per heavy atom. The summed E-state index contributed by atoms with van der Waals surface area (Å²) in [6.45, 7) is 4.06. The fourth-order valence-corrected chi connectivity index (χ4v) is 2.64. The van der Waals surface area contributed by atoms with Crippen LogP contribution >= 0.6 is 0 Å². The quantitative estimate of drug-likeness (QED) is 0.800. The highest BCUT2D eigenvalue weighted by Gasteiger charge is 2.42. The lowest BCUT2D eigenvalue weighted by atomic mass is 9.97. The largest absolute Gasteiger partial charge is 0.341 e. The van der Waals surface area contributed by atoms with E-state index in [4.69, 9.17) is 9.47 Å². The maximum Gasteiger partial charge on any atom is 0.194 e. The van der Waals surface area contributed by atoms with Gasteiger partial charge in [0.1, 0.15) is 6.10 Å². The molecule has 1 aliphatic rings. The zero-order valence-corrected chi connectivity index (χ0v) is 12.8. The number of rotatable bonds is 4. The van der Waals surface area contributed by atoms with Gasteiger partial charge < -0.3 is 9.47 Å². The van der Waals surface area contributed by atoms with Crippen LogP contribution in [0.2, 0.25) is 0 Å². The second-order valence-corrected chi connectivity index (χ2v) is 5.87.